The van der Waals surface area contributed by atoms with E-state index in [-0.39, 0.29) is 12.6 Å². The lowest BCUT2D eigenvalue weighted by atomic mass is 10.3. The molecule has 0 heterocycles. The first kappa shape index (κ1) is 11.3. The van der Waals surface area contributed by atoms with E-state index in [1.54, 1.807) is 6.92 Å². The smallest absolute Gasteiger partial charge is 0.0402 e. The molecule has 54 valence electrons. The summed E-state index contributed by atoms with van der Waals surface area (Å²) in [5.74, 6) is 2.44. The van der Waals surface area contributed by atoms with E-state index in [0.29, 0.717) is 6.42 Å². The molecule has 0 rings (SSSR count). The zero-order chi connectivity index (χ0) is 7.70. The molecule has 1 atom stereocenters. The highest BCUT2D eigenvalue weighted by Crippen LogP contribution is 1.77. The van der Waals surface area contributed by atoms with Crippen LogP contribution in [0.4, 0.5) is 0 Å². The Morgan fingerprint density at radius 1 is 1.78 bits per heavy atom. The third-order valence-corrected chi connectivity index (χ3v) is 0.440. The monoisotopic (exact) mass is 129 g/mol. The Bertz CT molecular complexity index is 73.5. The van der Waals surface area contributed by atoms with E-state index in [4.69, 9.17) is 17.3 Å². The Hall–Kier alpha value is -0.520. The van der Waals surface area contributed by atoms with Crippen LogP contribution in [0.1, 0.15) is 20.3 Å². The van der Waals surface area contributed by atoms with Gasteiger partial charge in [0.15, 0.2) is 0 Å². The van der Waals surface area contributed by atoms with Crippen LogP contribution in [-0.2, 0) is 0 Å². The molecule has 9 heavy (non-hydrogen) atoms. The van der Waals surface area contributed by atoms with E-state index in [1.807, 2.05) is 6.92 Å². The van der Waals surface area contributed by atoms with Crippen molar-refractivity contribution in [3.8, 4) is 12.3 Å². The van der Waals surface area contributed by atoms with Gasteiger partial charge in [0, 0.05) is 19.1 Å². The summed E-state index contributed by atoms with van der Waals surface area (Å²) in [4.78, 5) is 0. The van der Waals surface area contributed by atoms with Crippen molar-refractivity contribution in [2.75, 3.05) is 6.61 Å². The van der Waals surface area contributed by atoms with Crippen LogP contribution in [-0.4, -0.2) is 17.8 Å². The molecular formula is C7H15NO. The summed E-state index contributed by atoms with van der Waals surface area (Å²) in [7, 11) is 0. The average Bonchev–Trinajstić information content (AvgIpc) is 1.67. The Morgan fingerprint density at radius 3 is 2.11 bits per heavy atom. The van der Waals surface area contributed by atoms with Gasteiger partial charge in [-0.15, -0.1) is 12.3 Å². The van der Waals surface area contributed by atoms with Gasteiger partial charge in [-0.2, -0.15) is 0 Å². The number of hydrogen-bond donors (Lipinski definition) is 2. The fourth-order valence-corrected chi connectivity index (χ4v) is 0.186. The minimum absolute atomic E-state index is 0.162. The third-order valence-electron chi connectivity index (χ3n) is 0.440. The van der Waals surface area contributed by atoms with Crippen molar-refractivity contribution in [1.82, 2.24) is 0 Å². The van der Waals surface area contributed by atoms with E-state index in [9.17, 15) is 0 Å². The lowest BCUT2D eigenvalue weighted by molar-refractivity contribution is 0.318. The van der Waals surface area contributed by atoms with Crippen molar-refractivity contribution in [3.05, 3.63) is 0 Å². The quantitative estimate of drug-likeness (QED) is 0.502. The molecule has 0 bridgehead atoms. The van der Waals surface area contributed by atoms with Crippen LogP contribution in [0.2, 0.25) is 0 Å². The fraction of sp³-hybridized carbons (Fsp3) is 0.714. The maximum atomic E-state index is 7.57. The van der Waals surface area contributed by atoms with Crippen LogP contribution in [0.25, 0.3) is 0 Å². The van der Waals surface area contributed by atoms with E-state index >= 15 is 0 Å². The van der Waals surface area contributed by atoms with E-state index < -0.39 is 0 Å². The Kier molecular flexibility index (Phi) is 13.1. The van der Waals surface area contributed by atoms with Crippen LogP contribution in [0, 0.1) is 12.3 Å². The standard InChI is InChI=1S/C5H9N.C2H6O/c1-3-4-5(2)6;1-2-3/h1,5H,4,6H2,2H3;3H,2H2,1H3. The molecule has 0 aromatic rings. The molecule has 0 aliphatic heterocycles. The minimum Gasteiger partial charge on any atom is -0.397 e. The van der Waals surface area contributed by atoms with Gasteiger partial charge in [0.1, 0.15) is 0 Å². The normalized spacial score (nSPS) is 10.6. The molecule has 0 radical (unpaired) electrons. The SMILES string of the molecule is C#CCC(C)N.CCO. The molecule has 0 amide bonds. The number of nitrogens with two attached hydrogens (primary N) is 1. The average molecular weight is 129 g/mol. The lowest BCUT2D eigenvalue weighted by Crippen LogP contribution is -2.12. The minimum atomic E-state index is 0.162. The Labute approximate surface area is 57.1 Å². The second-order valence-corrected chi connectivity index (χ2v) is 1.70. The molecule has 0 aliphatic rings. The number of aliphatic hydroxyl groups excluding tert-OH is 1. The Balaban J connectivity index is 0. The highest BCUT2D eigenvalue weighted by atomic mass is 16.2. The van der Waals surface area contributed by atoms with Gasteiger partial charge in [0.2, 0.25) is 0 Å². The van der Waals surface area contributed by atoms with E-state index in [1.165, 1.54) is 0 Å². The molecule has 3 N–H and O–H groups in total. The van der Waals surface area contributed by atoms with E-state index in [0.717, 1.165) is 0 Å². The van der Waals surface area contributed by atoms with Gasteiger partial charge < -0.3 is 10.8 Å². The fourth-order valence-electron chi connectivity index (χ4n) is 0.186. The lowest BCUT2D eigenvalue weighted by Gasteiger charge is -1.91. The summed E-state index contributed by atoms with van der Waals surface area (Å²) in [6.45, 7) is 3.82. The zero-order valence-electron chi connectivity index (χ0n) is 6.09. The van der Waals surface area contributed by atoms with Gasteiger partial charge in [-0.25, -0.2) is 0 Å². The maximum absolute atomic E-state index is 7.57. The number of hydrogen-bond acceptors (Lipinski definition) is 2. The second-order valence-electron chi connectivity index (χ2n) is 1.70. The first-order valence-electron chi connectivity index (χ1n) is 2.98. The van der Waals surface area contributed by atoms with Crippen molar-refractivity contribution in [1.29, 1.82) is 0 Å². The van der Waals surface area contributed by atoms with Crippen LogP contribution >= 0.6 is 0 Å². The molecule has 2 nitrogen and oxygen atoms in total. The van der Waals surface area contributed by atoms with Gasteiger partial charge in [-0.3, -0.25) is 0 Å². The van der Waals surface area contributed by atoms with Crippen LogP contribution in [0.5, 0.6) is 0 Å². The molecule has 0 aromatic carbocycles. The summed E-state index contributed by atoms with van der Waals surface area (Å²) < 4.78 is 0. The highest BCUT2D eigenvalue weighted by molar-refractivity contribution is 4.86. The number of aliphatic hydroxyl groups is 1. The van der Waals surface area contributed by atoms with Crippen molar-refractivity contribution in [2.24, 2.45) is 5.73 Å². The van der Waals surface area contributed by atoms with Crippen LogP contribution in [0.15, 0.2) is 0 Å². The van der Waals surface area contributed by atoms with Crippen molar-refractivity contribution < 1.29 is 5.11 Å². The second kappa shape index (κ2) is 10.5. The van der Waals surface area contributed by atoms with Gasteiger partial charge in [0.05, 0.1) is 0 Å². The maximum Gasteiger partial charge on any atom is 0.0402 e. The molecule has 0 saturated carbocycles. The molecule has 0 aromatic heterocycles. The van der Waals surface area contributed by atoms with Gasteiger partial charge >= 0.3 is 0 Å². The van der Waals surface area contributed by atoms with Crippen molar-refractivity contribution in [3.63, 3.8) is 0 Å². The molecule has 0 fully saturated rings. The highest BCUT2D eigenvalue weighted by Gasteiger charge is 1.83. The summed E-state index contributed by atoms with van der Waals surface area (Å²) in [5.41, 5.74) is 5.26. The first-order valence-corrected chi connectivity index (χ1v) is 2.98. The predicted octanol–water partition coefficient (Wildman–Crippen LogP) is 0.356. The van der Waals surface area contributed by atoms with Gasteiger partial charge in [0.25, 0.3) is 0 Å². The first-order chi connectivity index (χ1) is 4.18. The van der Waals surface area contributed by atoms with Crippen molar-refractivity contribution in [2.45, 2.75) is 26.3 Å². The number of terminal acetylenes is 1. The zero-order valence-corrected chi connectivity index (χ0v) is 6.09. The predicted molar refractivity (Wildman–Crippen MR) is 39.9 cm³/mol. The summed E-state index contributed by atoms with van der Waals surface area (Å²) >= 11 is 0. The molecule has 0 saturated heterocycles. The summed E-state index contributed by atoms with van der Waals surface area (Å²) in [5, 5.41) is 7.57. The Morgan fingerprint density at radius 2 is 2.11 bits per heavy atom. The number of rotatable bonds is 1. The molecule has 0 aliphatic carbocycles. The van der Waals surface area contributed by atoms with Gasteiger partial charge in [-0.05, 0) is 13.8 Å². The molecule has 0 spiro atoms. The molecule has 1 unspecified atom stereocenters. The largest absolute Gasteiger partial charge is 0.397 e. The van der Waals surface area contributed by atoms with Gasteiger partial charge in [-0.1, -0.05) is 0 Å². The van der Waals surface area contributed by atoms with Crippen LogP contribution < -0.4 is 5.73 Å². The summed E-state index contributed by atoms with van der Waals surface area (Å²) in [6.07, 6.45) is 5.58. The third kappa shape index (κ3) is 36.5. The van der Waals surface area contributed by atoms with Crippen molar-refractivity contribution >= 4 is 0 Å². The molecular weight excluding hydrogens is 114 g/mol. The van der Waals surface area contributed by atoms with Crippen LogP contribution in [0.3, 0.4) is 0 Å². The molecule has 2 heteroatoms. The topological polar surface area (TPSA) is 46.2 Å². The summed E-state index contributed by atoms with van der Waals surface area (Å²) in [6, 6.07) is 0.162. The van der Waals surface area contributed by atoms with E-state index in [2.05, 4.69) is 5.92 Å².